The molecular weight excluding hydrogens is 212 g/mol. The van der Waals surface area contributed by atoms with Gasteiger partial charge in [-0.2, -0.15) is 0 Å². The van der Waals surface area contributed by atoms with Crippen molar-refractivity contribution in [3.05, 3.63) is 23.7 Å². The van der Waals surface area contributed by atoms with Gasteiger partial charge in [0.2, 0.25) is 0 Å². The van der Waals surface area contributed by atoms with E-state index in [4.69, 9.17) is 10.2 Å². The Hall–Kier alpha value is -0.800. The lowest BCUT2D eigenvalue weighted by Gasteiger charge is -2.26. The molecule has 2 unspecified atom stereocenters. The standard InChI is InChI=1S/C14H24N2O/c1-10(2)11(8-15)9-16-13-4-3-5-14-12(13)6-7-17-14/h6-7,10-11,13,16H,3-5,8-9,15H2,1-2H3. The lowest BCUT2D eigenvalue weighted by molar-refractivity contribution is 0.332. The molecule has 1 aromatic rings. The van der Waals surface area contributed by atoms with E-state index in [1.807, 2.05) is 6.26 Å². The first-order chi connectivity index (χ1) is 8.22. The van der Waals surface area contributed by atoms with Crippen LogP contribution in [0.1, 0.15) is 44.1 Å². The molecule has 0 amide bonds. The van der Waals surface area contributed by atoms with Crippen molar-refractivity contribution < 1.29 is 4.42 Å². The predicted molar refractivity (Wildman–Crippen MR) is 69.8 cm³/mol. The van der Waals surface area contributed by atoms with Gasteiger partial charge < -0.3 is 15.5 Å². The van der Waals surface area contributed by atoms with Gasteiger partial charge in [0.15, 0.2) is 0 Å². The summed E-state index contributed by atoms with van der Waals surface area (Å²) in [5.41, 5.74) is 7.16. The van der Waals surface area contributed by atoms with E-state index in [0.717, 1.165) is 19.5 Å². The molecule has 0 radical (unpaired) electrons. The molecule has 3 N–H and O–H groups in total. The number of aryl methyl sites for hydroxylation is 1. The Bertz CT molecular complexity index is 346. The largest absolute Gasteiger partial charge is 0.469 e. The number of rotatable bonds is 5. The summed E-state index contributed by atoms with van der Waals surface area (Å²) in [4.78, 5) is 0. The van der Waals surface area contributed by atoms with E-state index >= 15 is 0 Å². The summed E-state index contributed by atoms with van der Waals surface area (Å²) in [6, 6.07) is 2.57. The van der Waals surface area contributed by atoms with Crippen molar-refractivity contribution >= 4 is 0 Å². The molecule has 2 rings (SSSR count). The number of furan rings is 1. The van der Waals surface area contributed by atoms with Crippen molar-refractivity contribution in [2.75, 3.05) is 13.1 Å². The maximum absolute atomic E-state index is 5.81. The molecule has 2 atom stereocenters. The topological polar surface area (TPSA) is 51.2 Å². The monoisotopic (exact) mass is 236 g/mol. The second-order valence-corrected chi connectivity index (χ2v) is 5.39. The van der Waals surface area contributed by atoms with Crippen LogP contribution in [0, 0.1) is 11.8 Å². The molecule has 0 spiro atoms. The highest BCUT2D eigenvalue weighted by Gasteiger charge is 2.23. The summed E-state index contributed by atoms with van der Waals surface area (Å²) in [7, 11) is 0. The lowest BCUT2D eigenvalue weighted by atomic mass is 9.91. The number of hydrogen-bond donors (Lipinski definition) is 2. The first-order valence-corrected chi connectivity index (χ1v) is 6.72. The Morgan fingerprint density at radius 1 is 1.53 bits per heavy atom. The summed E-state index contributed by atoms with van der Waals surface area (Å²) >= 11 is 0. The molecule has 0 aliphatic heterocycles. The summed E-state index contributed by atoms with van der Waals surface area (Å²) in [6.45, 7) is 6.24. The van der Waals surface area contributed by atoms with E-state index in [0.29, 0.717) is 17.9 Å². The van der Waals surface area contributed by atoms with Crippen LogP contribution in [-0.4, -0.2) is 13.1 Å². The van der Waals surface area contributed by atoms with Crippen LogP contribution in [0.3, 0.4) is 0 Å². The first kappa shape index (κ1) is 12.7. The van der Waals surface area contributed by atoms with Crippen molar-refractivity contribution in [3.8, 4) is 0 Å². The molecule has 1 aliphatic rings. The van der Waals surface area contributed by atoms with Gasteiger partial charge in [0.25, 0.3) is 0 Å². The van der Waals surface area contributed by atoms with Crippen LogP contribution in [0.4, 0.5) is 0 Å². The summed E-state index contributed by atoms with van der Waals surface area (Å²) < 4.78 is 5.50. The first-order valence-electron chi connectivity index (χ1n) is 6.72. The minimum absolute atomic E-state index is 0.463. The van der Waals surface area contributed by atoms with E-state index in [1.165, 1.54) is 24.2 Å². The third-order valence-electron chi connectivity index (χ3n) is 3.92. The highest BCUT2D eigenvalue weighted by Crippen LogP contribution is 2.30. The molecule has 0 fully saturated rings. The van der Waals surface area contributed by atoms with E-state index in [9.17, 15) is 0 Å². The van der Waals surface area contributed by atoms with Gasteiger partial charge in [-0.05, 0) is 43.8 Å². The van der Waals surface area contributed by atoms with Crippen LogP contribution in [0.25, 0.3) is 0 Å². The molecule has 96 valence electrons. The van der Waals surface area contributed by atoms with Crippen LogP contribution in [0.2, 0.25) is 0 Å². The van der Waals surface area contributed by atoms with Gasteiger partial charge in [-0.15, -0.1) is 0 Å². The Morgan fingerprint density at radius 2 is 2.35 bits per heavy atom. The zero-order valence-corrected chi connectivity index (χ0v) is 10.9. The van der Waals surface area contributed by atoms with E-state index in [2.05, 4.69) is 25.2 Å². The van der Waals surface area contributed by atoms with E-state index < -0.39 is 0 Å². The van der Waals surface area contributed by atoms with Crippen molar-refractivity contribution in [2.45, 2.75) is 39.2 Å². The maximum atomic E-state index is 5.81. The lowest BCUT2D eigenvalue weighted by Crippen LogP contribution is -2.34. The van der Waals surface area contributed by atoms with Gasteiger partial charge in [-0.3, -0.25) is 0 Å². The quantitative estimate of drug-likeness (QED) is 0.825. The van der Waals surface area contributed by atoms with Crippen molar-refractivity contribution in [1.82, 2.24) is 5.32 Å². The number of hydrogen-bond acceptors (Lipinski definition) is 3. The van der Waals surface area contributed by atoms with Gasteiger partial charge in [0, 0.05) is 18.0 Å². The Morgan fingerprint density at radius 3 is 3.06 bits per heavy atom. The minimum atomic E-state index is 0.463. The fourth-order valence-electron chi connectivity index (χ4n) is 2.58. The summed E-state index contributed by atoms with van der Waals surface area (Å²) in [5.74, 6) is 2.37. The third-order valence-corrected chi connectivity index (χ3v) is 3.92. The number of nitrogens with one attached hydrogen (secondary N) is 1. The van der Waals surface area contributed by atoms with E-state index in [-0.39, 0.29) is 0 Å². The summed E-state index contributed by atoms with van der Waals surface area (Å²) in [5, 5.41) is 3.66. The normalized spacial score (nSPS) is 21.5. The molecule has 0 aromatic carbocycles. The maximum Gasteiger partial charge on any atom is 0.108 e. The molecule has 0 bridgehead atoms. The summed E-state index contributed by atoms with van der Waals surface area (Å²) in [6.07, 6.45) is 5.33. The Kier molecular flexibility index (Phi) is 4.24. The average Bonchev–Trinajstić information content (AvgIpc) is 2.78. The Labute approximate surface area is 104 Å². The van der Waals surface area contributed by atoms with Gasteiger partial charge in [0.05, 0.1) is 6.26 Å². The number of fused-ring (bicyclic) bond motifs is 1. The highest BCUT2D eigenvalue weighted by molar-refractivity contribution is 5.23. The second-order valence-electron chi connectivity index (χ2n) is 5.39. The molecule has 17 heavy (non-hydrogen) atoms. The molecule has 3 heteroatoms. The van der Waals surface area contributed by atoms with Crippen molar-refractivity contribution in [3.63, 3.8) is 0 Å². The van der Waals surface area contributed by atoms with Gasteiger partial charge >= 0.3 is 0 Å². The molecule has 0 saturated heterocycles. The van der Waals surface area contributed by atoms with Crippen molar-refractivity contribution in [2.24, 2.45) is 17.6 Å². The van der Waals surface area contributed by atoms with Crippen LogP contribution < -0.4 is 11.1 Å². The highest BCUT2D eigenvalue weighted by atomic mass is 16.3. The fourth-order valence-corrected chi connectivity index (χ4v) is 2.58. The van der Waals surface area contributed by atoms with Gasteiger partial charge in [-0.25, -0.2) is 0 Å². The van der Waals surface area contributed by atoms with Crippen LogP contribution in [0.5, 0.6) is 0 Å². The average molecular weight is 236 g/mol. The number of nitrogens with two attached hydrogens (primary N) is 1. The third kappa shape index (κ3) is 2.90. The Balaban J connectivity index is 1.93. The molecule has 3 nitrogen and oxygen atoms in total. The molecule has 1 aliphatic carbocycles. The SMILES string of the molecule is CC(C)C(CN)CNC1CCCc2occc21. The van der Waals surface area contributed by atoms with Gasteiger partial charge in [-0.1, -0.05) is 13.8 Å². The fraction of sp³-hybridized carbons (Fsp3) is 0.714. The molecule has 0 saturated carbocycles. The second kappa shape index (κ2) is 5.69. The minimum Gasteiger partial charge on any atom is -0.469 e. The van der Waals surface area contributed by atoms with E-state index in [1.54, 1.807) is 0 Å². The molecule has 1 aromatic heterocycles. The van der Waals surface area contributed by atoms with Crippen LogP contribution in [0.15, 0.2) is 16.7 Å². The van der Waals surface area contributed by atoms with Crippen molar-refractivity contribution in [1.29, 1.82) is 0 Å². The zero-order chi connectivity index (χ0) is 12.3. The van der Waals surface area contributed by atoms with Crippen LogP contribution in [-0.2, 0) is 6.42 Å². The molecule has 1 heterocycles. The van der Waals surface area contributed by atoms with Crippen LogP contribution >= 0.6 is 0 Å². The zero-order valence-electron chi connectivity index (χ0n) is 10.9. The molecular formula is C14H24N2O. The smallest absolute Gasteiger partial charge is 0.108 e. The predicted octanol–water partition coefficient (Wildman–Crippen LogP) is 2.48. The van der Waals surface area contributed by atoms with Gasteiger partial charge in [0.1, 0.15) is 5.76 Å².